The molecule has 0 spiro atoms. The number of likely N-dealkylation sites (tertiary alicyclic amines) is 1. The van der Waals surface area contributed by atoms with E-state index < -0.39 is 36.7 Å². The predicted molar refractivity (Wildman–Crippen MR) is 115 cm³/mol. The lowest BCUT2D eigenvalue weighted by atomic mass is 10.1. The normalized spacial score (nSPS) is 21.4. The number of urea groups is 1. The summed E-state index contributed by atoms with van der Waals surface area (Å²) >= 11 is 0. The van der Waals surface area contributed by atoms with Gasteiger partial charge in [-0.1, -0.05) is 18.2 Å². The number of nitrogens with zero attached hydrogens (tertiary/aromatic N) is 4. The van der Waals surface area contributed by atoms with Crippen LogP contribution in [0.25, 0.3) is 10.9 Å². The summed E-state index contributed by atoms with van der Waals surface area (Å²) in [6.07, 6.45) is -0.689. The molecule has 3 heterocycles. The molecule has 0 bridgehead atoms. The highest BCUT2D eigenvalue weighted by molar-refractivity contribution is 6.06. The Labute approximate surface area is 190 Å². The number of para-hydroxylation sites is 1. The molecule has 5 rings (SSSR count). The third-order valence-electron chi connectivity index (χ3n) is 6.07. The summed E-state index contributed by atoms with van der Waals surface area (Å²) in [5, 5.41) is 9.61. The molecule has 3 unspecified atom stereocenters. The molecule has 0 radical (unpaired) electrons. The molecule has 10 nitrogen and oxygen atoms in total. The van der Waals surface area contributed by atoms with Crippen LogP contribution in [-0.4, -0.2) is 55.5 Å². The van der Waals surface area contributed by atoms with E-state index in [0.717, 1.165) is 12.6 Å². The van der Waals surface area contributed by atoms with Crippen molar-refractivity contribution in [2.24, 2.45) is 11.7 Å². The molecule has 4 N–H and O–H groups in total. The third kappa shape index (κ3) is 4.04. The van der Waals surface area contributed by atoms with Crippen molar-refractivity contribution < 1.29 is 27.6 Å². The van der Waals surface area contributed by atoms with E-state index in [1.165, 1.54) is 21.7 Å². The molecule has 2 fully saturated rings. The van der Waals surface area contributed by atoms with Gasteiger partial charge in [0.1, 0.15) is 12.6 Å². The van der Waals surface area contributed by atoms with E-state index in [9.17, 15) is 27.6 Å². The number of hydrogen-bond acceptors (Lipinski definition) is 4. The summed E-state index contributed by atoms with van der Waals surface area (Å²) in [6, 6.07) is 6.05. The SMILES string of the molecule is NC(=O)n1cc(NC(=O)N2C(C(=O)Nc3ccn(CC(F)(F)F)n3)CC3CC32)c2ccccc21. The van der Waals surface area contributed by atoms with Gasteiger partial charge in [-0.3, -0.25) is 14.0 Å². The quantitative estimate of drug-likeness (QED) is 0.536. The lowest BCUT2D eigenvalue weighted by Gasteiger charge is -2.26. The van der Waals surface area contributed by atoms with Crippen LogP contribution in [0, 0.1) is 5.92 Å². The second-order valence-corrected chi connectivity index (χ2v) is 8.42. The minimum atomic E-state index is -4.44. The van der Waals surface area contributed by atoms with Crippen molar-refractivity contribution in [2.75, 3.05) is 10.6 Å². The molecule has 3 aromatic rings. The van der Waals surface area contributed by atoms with Gasteiger partial charge in [-0.25, -0.2) is 9.59 Å². The largest absolute Gasteiger partial charge is 0.408 e. The second-order valence-electron chi connectivity index (χ2n) is 8.42. The molecule has 3 atom stereocenters. The first kappa shape index (κ1) is 21.8. The number of aromatic nitrogens is 3. The summed E-state index contributed by atoms with van der Waals surface area (Å²) in [6.45, 7) is -1.27. The standard InChI is InChI=1S/C21H20F3N7O3/c22-21(23,24)10-29-6-5-17(28-29)27-18(32)16-8-11-7-15(11)31(16)20(34)26-13-9-30(19(25)33)14-4-2-1-3-12(13)14/h1-6,9,11,15-16H,7-8,10H2,(H2,25,33)(H,26,34)(H,27,28,32). The molecule has 1 saturated heterocycles. The smallest absolute Gasteiger partial charge is 0.351 e. The molecule has 13 heteroatoms. The van der Waals surface area contributed by atoms with Crippen LogP contribution in [0.4, 0.5) is 34.3 Å². The molecule has 2 aliphatic rings. The monoisotopic (exact) mass is 475 g/mol. The highest BCUT2D eigenvalue weighted by Gasteiger charge is 2.56. The fourth-order valence-corrected chi connectivity index (χ4v) is 4.53. The predicted octanol–water partition coefficient (Wildman–Crippen LogP) is 2.96. The van der Waals surface area contributed by atoms with Gasteiger partial charge in [-0.2, -0.15) is 18.3 Å². The van der Waals surface area contributed by atoms with E-state index in [2.05, 4.69) is 15.7 Å². The van der Waals surface area contributed by atoms with Gasteiger partial charge in [0.05, 0.1) is 11.2 Å². The molecular formula is C21H20F3N7O3. The third-order valence-corrected chi connectivity index (χ3v) is 6.07. The van der Waals surface area contributed by atoms with Crippen molar-refractivity contribution in [3.05, 3.63) is 42.7 Å². The number of nitrogens with two attached hydrogens (primary N) is 1. The van der Waals surface area contributed by atoms with E-state index in [0.29, 0.717) is 27.7 Å². The maximum atomic E-state index is 13.2. The zero-order valence-electron chi connectivity index (χ0n) is 17.6. The Balaban J connectivity index is 1.32. The summed E-state index contributed by atoms with van der Waals surface area (Å²) in [5.74, 6) is -0.380. The number of piperidine rings is 1. The highest BCUT2D eigenvalue weighted by Crippen LogP contribution is 2.48. The number of alkyl halides is 3. The fourth-order valence-electron chi connectivity index (χ4n) is 4.53. The van der Waals surface area contributed by atoms with Crippen LogP contribution < -0.4 is 16.4 Å². The van der Waals surface area contributed by atoms with Crippen LogP contribution in [0.5, 0.6) is 0 Å². The van der Waals surface area contributed by atoms with Crippen LogP contribution in [-0.2, 0) is 11.3 Å². The van der Waals surface area contributed by atoms with Gasteiger partial charge < -0.3 is 21.3 Å². The fraction of sp³-hybridized carbons (Fsp3) is 0.333. The van der Waals surface area contributed by atoms with Crippen molar-refractivity contribution in [3.63, 3.8) is 0 Å². The maximum absolute atomic E-state index is 13.2. The summed E-state index contributed by atoms with van der Waals surface area (Å²) in [5.41, 5.74) is 6.32. The Kier molecular flexibility index (Phi) is 4.99. The van der Waals surface area contributed by atoms with E-state index in [1.807, 2.05) is 0 Å². The van der Waals surface area contributed by atoms with Gasteiger partial charge >= 0.3 is 18.2 Å². The first-order valence-corrected chi connectivity index (χ1v) is 10.5. The van der Waals surface area contributed by atoms with Gasteiger partial charge in [0, 0.05) is 29.9 Å². The number of carbonyl (C=O) groups is 3. The molecule has 2 aromatic heterocycles. The van der Waals surface area contributed by atoms with Crippen molar-refractivity contribution in [1.29, 1.82) is 0 Å². The number of amides is 4. The van der Waals surface area contributed by atoms with Crippen molar-refractivity contribution >= 4 is 40.4 Å². The van der Waals surface area contributed by atoms with Crippen molar-refractivity contribution in [1.82, 2.24) is 19.2 Å². The number of fused-ring (bicyclic) bond motifs is 2. The summed E-state index contributed by atoms with van der Waals surface area (Å²) < 4.78 is 39.5. The topological polar surface area (TPSA) is 127 Å². The number of carbonyl (C=O) groups excluding carboxylic acids is 3. The molecular weight excluding hydrogens is 455 g/mol. The lowest BCUT2D eigenvalue weighted by molar-refractivity contribution is -0.142. The van der Waals surface area contributed by atoms with Crippen LogP contribution in [0.15, 0.2) is 42.7 Å². The first-order valence-electron chi connectivity index (χ1n) is 10.5. The average molecular weight is 475 g/mol. The Hall–Kier alpha value is -4.03. The van der Waals surface area contributed by atoms with Crippen LogP contribution in [0.1, 0.15) is 12.8 Å². The Bertz CT molecular complexity index is 1300. The van der Waals surface area contributed by atoms with Gasteiger partial charge in [-0.05, 0) is 24.8 Å². The molecule has 1 aliphatic carbocycles. The number of benzene rings is 1. The summed E-state index contributed by atoms with van der Waals surface area (Å²) in [4.78, 5) is 39.3. The van der Waals surface area contributed by atoms with Gasteiger partial charge in [0.2, 0.25) is 5.91 Å². The van der Waals surface area contributed by atoms with Crippen LogP contribution >= 0.6 is 0 Å². The van der Waals surface area contributed by atoms with Crippen LogP contribution in [0.3, 0.4) is 0 Å². The minimum absolute atomic E-state index is 0.0280. The minimum Gasteiger partial charge on any atom is -0.351 e. The Morgan fingerprint density at radius 1 is 1.12 bits per heavy atom. The molecule has 1 saturated carbocycles. The van der Waals surface area contributed by atoms with Crippen molar-refractivity contribution in [3.8, 4) is 0 Å². The molecule has 1 aromatic carbocycles. The number of primary amides is 1. The number of anilines is 2. The molecule has 178 valence electrons. The first-order chi connectivity index (χ1) is 16.1. The van der Waals surface area contributed by atoms with E-state index in [-0.39, 0.29) is 17.8 Å². The average Bonchev–Trinajstić information content (AvgIpc) is 3.08. The Morgan fingerprint density at radius 3 is 2.62 bits per heavy atom. The highest BCUT2D eigenvalue weighted by atomic mass is 19.4. The van der Waals surface area contributed by atoms with Gasteiger partial charge in [0.25, 0.3) is 0 Å². The van der Waals surface area contributed by atoms with E-state index in [4.69, 9.17) is 5.73 Å². The molecule has 34 heavy (non-hydrogen) atoms. The Morgan fingerprint density at radius 2 is 1.88 bits per heavy atom. The van der Waals surface area contributed by atoms with Gasteiger partial charge in [-0.15, -0.1) is 0 Å². The zero-order chi connectivity index (χ0) is 24.2. The van der Waals surface area contributed by atoms with E-state index >= 15 is 0 Å². The zero-order valence-corrected chi connectivity index (χ0v) is 17.6. The summed E-state index contributed by atoms with van der Waals surface area (Å²) in [7, 11) is 0. The molecule has 4 amide bonds. The number of nitrogens with one attached hydrogen (secondary N) is 2. The number of halogens is 3. The van der Waals surface area contributed by atoms with Crippen molar-refractivity contribution in [2.45, 2.75) is 37.6 Å². The van der Waals surface area contributed by atoms with Crippen LogP contribution in [0.2, 0.25) is 0 Å². The molecule has 1 aliphatic heterocycles. The maximum Gasteiger partial charge on any atom is 0.408 e. The van der Waals surface area contributed by atoms with E-state index in [1.54, 1.807) is 24.3 Å². The lowest BCUT2D eigenvalue weighted by Crippen LogP contribution is -2.47. The van der Waals surface area contributed by atoms with Gasteiger partial charge in [0.15, 0.2) is 5.82 Å². The number of rotatable bonds is 4. The number of hydrogen-bond donors (Lipinski definition) is 3. The second kappa shape index (κ2) is 7.78.